The summed E-state index contributed by atoms with van der Waals surface area (Å²) in [5, 5.41) is 2.99. The van der Waals surface area contributed by atoms with Crippen molar-refractivity contribution in [2.75, 3.05) is 33.0 Å². The highest BCUT2D eigenvalue weighted by Gasteiger charge is 2.57. The molecule has 0 aromatic rings. The predicted octanol–water partition coefficient (Wildman–Crippen LogP) is 1.40. The summed E-state index contributed by atoms with van der Waals surface area (Å²) in [7, 11) is 1.05. The number of ether oxygens (including phenoxy) is 2. The van der Waals surface area contributed by atoms with Gasteiger partial charge in [-0.05, 0) is 6.42 Å². The summed E-state index contributed by atoms with van der Waals surface area (Å²) >= 11 is 3.18. The Morgan fingerprint density at radius 2 is 2.43 bits per heavy atom. The lowest BCUT2D eigenvalue weighted by atomic mass is 9.91. The minimum Gasteiger partial charge on any atom is -0.366 e. The molecule has 21 heavy (non-hydrogen) atoms. The third kappa shape index (κ3) is 3.75. The summed E-state index contributed by atoms with van der Waals surface area (Å²) < 4.78 is 17.3. The fraction of sp³-hybridized carbons (Fsp3) is 1.00. The molecule has 0 aromatic carbocycles. The van der Waals surface area contributed by atoms with E-state index in [4.69, 9.17) is 24.4 Å². The summed E-state index contributed by atoms with van der Waals surface area (Å²) in [5.41, 5.74) is -0.987. The number of hydrogen-bond acceptors (Lipinski definition) is 9. The molecule has 0 amide bonds. The molecule has 8 nitrogen and oxygen atoms in total. The van der Waals surface area contributed by atoms with E-state index in [0.717, 1.165) is 30.0 Å². The number of rotatable bonds is 7. The molecule has 4 unspecified atom stereocenters. The molecule has 2 heterocycles. The van der Waals surface area contributed by atoms with Crippen molar-refractivity contribution in [3.8, 4) is 0 Å². The van der Waals surface area contributed by atoms with Gasteiger partial charge in [-0.15, -0.1) is 0 Å². The second kappa shape index (κ2) is 8.16. The van der Waals surface area contributed by atoms with Crippen molar-refractivity contribution >= 4 is 25.3 Å². The minimum atomic E-state index is -0.987. The van der Waals surface area contributed by atoms with Crippen molar-refractivity contribution in [2.24, 2.45) is 17.0 Å². The van der Waals surface area contributed by atoms with Crippen LogP contribution < -0.4 is 5.90 Å². The molecule has 0 spiro atoms. The molecule has 0 saturated carbocycles. The van der Waals surface area contributed by atoms with Crippen LogP contribution in [0.4, 0.5) is 0 Å². The third-order valence-corrected chi connectivity index (χ3v) is 4.69. The van der Waals surface area contributed by atoms with E-state index < -0.39 is 5.60 Å². The largest absolute Gasteiger partial charge is 0.366 e. The zero-order valence-electron chi connectivity index (χ0n) is 11.8. The van der Waals surface area contributed by atoms with E-state index in [1.165, 1.54) is 0 Å². The molecule has 2 rings (SSSR count). The van der Waals surface area contributed by atoms with Crippen molar-refractivity contribution in [3.05, 3.63) is 4.91 Å². The first-order chi connectivity index (χ1) is 10.2. The van der Waals surface area contributed by atoms with E-state index in [-0.39, 0.29) is 31.4 Å². The zero-order valence-corrected chi connectivity index (χ0v) is 14.2. The molecule has 2 aliphatic rings. The molecular formula is C11H20BrN3O5S. The maximum absolute atomic E-state index is 10.8. The summed E-state index contributed by atoms with van der Waals surface area (Å²) in [6, 6.07) is 0. The topological polar surface area (TPSA) is 95.6 Å². The Kier molecular flexibility index (Phi) is 6.81. The van der Waals surface area contributed by atoms with Crippen LogP contribution in [0.2, 0.25) is 0 Å². The van der Waals surface area contributed by atoms with Gasteiger partial charge in [-0.1, -0.05) is 12.1 Å². The van der Waals surface area contributed by atoms with Crippen LogP contribution in [0.5, 0.6) is 0 Å². The standard InChI is InChI=1S/C11H20BrN3O5S/c1-8-9(20-21-12)11(5-14-16,6-18-13)19-10(8)15-3-2-4-17-7-15/h8-10H,2-7,13H2,1H3. The first-order valence-electron chi connectivity index (χ1n) is 6.73. The SMILES string of the molecule is CC1C(N2CCCOC2)OC(CN=O)(CON)C1OSBr. The van der Waals surface area contributed by atoms with E-state index >= 15 is 0 Å². The van der Waals surface area contributed by atoms with Gasteiger partial charge in [0.15, 0.2) is 0 Å². The molecule has 2 N–H and O–H groups in total. The van der Waals surface area contributed by atoms with Gasteiger partial charge in [0, 0.05) is 33.9 Å². The van der Waals surface area contributed by atoms with Gasteiger partial charge in [0.25, 0.3) is 0 Å². The van der Waals surface area contributed by atoms with Gasteiger partial charge < -0.3 is 14.3 Å². The smallest absolute Gasteiger partial charge is 0.146 e. The van der Waals surface area contributed by atoms with Crippen LogP contribution in [0, 0.1) is 10.8 Å². The second-order valence-electron chi connectivity index (χ2n) is 5.31. The molecule has 4 atom stereocenters. The quantitative estimate of drug-likeness (QED) is 0.399. The van der Waals surface area contributed by atoms with Crippen molar-refractivity contribution in [3.63, 3.8) is 0 Å². The van der Waals surface area contributed by atoms with Crippen molar-refractivity contribution in [1.29, 1.82) is 0 Å². The molecule has 10 heteroatoms. The third-order valence-electron chi connectivity index (χ3n) is 3.95. The van der Waals surface area contributed by atoms with Crippen LogP contribution in [-0.2, 0) is 18.5 Å². The monoisotopic (exact) mass is 385 g/mol. The molecular weight excluding hydrogens is 366 g/mol. The number of halogens is 1. The van der Waals surface area contributed by atoms with Gasteiger partial charge in [-0.2, -0.15) is 4.91 Å². The fourth-order valence-corrected chi connectivity index (χ4v) is 3.94. The molecule has 2 fully saturated rings. The first kappa shape index (κ1) is 17.5. The van der Waals surface area contributed by atoms with E-state index in [9.17, 15) is 4.91 Å². The van der Waals surface area contributed by atoms with Crippen LogP contribution in [-0.4, -0.2) is 55.9 Å². The average Bonchev–Trinajstić information content (AvgIpc) is 2.75. The molecule has 0 bridgehead atoms. The summed E-state index contributed by atoms with van der Waals surface area (Å²) in [4.78, 5) is 17.7. The van der Waals surface area contributed by atoms with E-state index in [2.05, 4.69) is 24.9 Å². The highest BCUT2D eigenvalue weighted by Crippen LogP contribution is 2.42. The highest BCUT2D eigenvalue weighted by molar-refractivity contribution is 9.49. The lowest BCUT2D eigenvalue weighted by Gasteiger charge is -2.34. The second-order valence-corrected chi connectivity index (χ2v) is 6.43. The van der Waals surface area contributed by atoms with Gasteiger partial charge >= 0.3 is 0 Å². The fourth-order valence-electron chi connectivity index (χ4n) is 3.02. The van der Waals surface area contributed by atoms with E-state index in [1.807, 2.05) is 6.92 Å². The molecule has 0 aromatic heterocycles. The van der Waals surface area contributed by atoms with E-state index in [0.29, 0.717) is 6.73 Å². The van der Waals surface area contributed by atoms with Crippen LogP contribution in [0.15, 0.2) is 5.18 Å². The van der Waals surface area contributed by atoms with Gasteiger partial charge in [-0.3, -0.25) is 9.08 Å². The highest BCUT2D eigenvalue weighted by atomic mass is 79.9. The molecule has 0 radical (unpaired) electrons. The minimum absolute atomic E-state index is 0.00801. The number of nitrogens with two attached hydrogens (primary N) is 1. The molecule has 0 aliphatic carbocycles. The lowest BCUT2D eigenvalue weighted by molar-refractivity contribution is -0.175. The van der Waals surface area contributed by atoms with Crippen LogP contribution >= 0.6 is 25.3 Å². The van der Waals surface area contributed by atoms with Gasteiger partial charge in [0.2, 0.25) is 0 Å². The van der Waals surface area contributed by atoms with Gasteiger partial charge in [0.05, 0.1) is 10.5 Å². The van der Waals surface area contributed by atoms with Crippen LogP contribution in [0.1, 0.15) is 13.3 Å². The van der Waals surface area contributed by atoms with Crippen LogP contribution in [0.3, 0.4) is 0 Å². The van der Waals surface area contributed by atoms with E-state index in [1.54, 1.807) is 0 Å². The summed E-state index contributed by atoms with van der Waals surface area (Å²) in [6.07, 6.45) is 0.333. The lowest BCUT2D eigenvalue weighted by Crippen LogP contribution is -2.49. The Bertz CT molecular complexity index is 350. The molecule has 122 valence electrons. The average molecular weight is 386 g/mol. The maximum atomic E-state index is 10.8. The Labute approximate surface area is 135 Å². The van der Waals surface area contributed by atoms with Gasteiger partial charge in [0.1, 0.15) is 37.8 Å². The van der Waals surface area contributed by atoms with Gasteiger partial charge in [-0.25, -0.2) is 5.90 Å². The number of hydrogen-bond donors (Lipinski definition) is 1. The zero-order chi connectivity index (χ0) is 15.3. The Morgan fingerprint density at radius 3 is 3.00 bits per heavy atom. The van der Waals surface area contributed by atoms with Crippen LogP contribution in [0.25, 0.3) is 0 Å². The predicted molar refractivity (Wildman–Crippen MR) is 81.1 cm³/mol. The number of nitroso groups, excluding NO2 is 1. The molecule has 2 aliphatic heterocycles. The Balaban J connectivity index is 2.19. The van der Waals surface area contributed by atoms with Crippen molar-refractivity contribution < 1.29 is 18.5 Å². The first-order valence-corrected chi connectivity index (χ1v) is 9.31. The normalized spacial score (nSPS) is 37.8. The summed E-state index contributed by atoms with van der Waals surface area (Å²) in [5.74, 6) is 5.22. The number of nitrogens with zero attached hydrogens (tertiary/aromatic N) is 2. The van der Waals surface area contributed by atoms with Crippen molar-refractivity contribution in [1.82, 2.24) is 4.90 Å². The summed E-state index contributed by atoms with van der Waals surface area (Å²) in [6.45, 7) is 4.08. The maximum Gasteiger partial charge on any atom is 0.146 e. The Morgan fingerprint density at radius 1 is 1.62 bits per heavy atom. The molecule has 2 saturated heterocycles. The van der Waals surface area contributed by atoms with Crippen molar-refractivity contribution in [2.45, 2.75) is 31.3 Å². The Hall–Kier alpha value is 0.190.